The second kappa shape index (κ2) is 6.55. The highest BCUT2D eigenvalue weighted by atomic mass is 32.2. The quantitative estimate of drug-likeness (QED) is 0.755. The van der Waals surface area contributed by atoms with Crippen molar-refractivity contribution in [2.24, 2.45) is 0 Å². The summed E-state index contributed by atoms with van der Waals surface area (Å²) >= 11 is 1.30. The number of sulfonamides is 1. The number of carbonyl (C=O) groups is 1. The van der Waals surface area contributed by atoms with E-state index in [1.165, 1.54) is 43.0 Å². The molecular weight excluding hydrogens is 298 g/mol. The Kier molecular flexibility index (Phi) is 5.55. The van der Waals surface area contributed by atoms with Gasteiger partial charge in [-0.3, -0.25) is 4.79 Å². The molecule has 0 aliphatic carbocycles. The van der Waals surface area contributed by atoms with Crippen LogP contribution in [0.3, 0.4) is 0 Å². The van der Waals surface area contributed by atoms with Gasteiger partial charge in [0.2, 0.25) is 15.9 Å². The summed E-state index contributed by atoms with van der Waals surface area (Å²) in [6.07, 6.45) is 1.31. The molecule has 20 heavy (non-hydrogen) atoms. The molecule has 0 fully saturated rings. The Morgan fingerprint density at radius 3 is 2.25 bits per heavy atom. The molecule has 0 radical (unpaired) electrons. The van der Waals surface area contributed by atoms with E-state index in [-0.39, 0.29) is 16.1 Å². The third-order valence-corrected chi connectivity index (χ3v) is 5.41. The highest BCUT2D eigenvalue weighted by molar-refractivity contribution is 8.00. The van der Waals surface area contributed by atoms with Crippen molar-refractivity contribution >= 4 is 27.7 Å². The Hall–Kier alpha value is -1.12. The van der Waals surface area contributed by atoms with E-state index < -0.39 is 10.0 Å². The van der Waals surface area contributed by atoms with Gasteiger partial charge in [-0.2, -0.15) is 0 Å². The van der Waals surface area contributed by atoms with Crippen molar-refractivity contribution in [1.29, 1.82) is 0 Å². The lowest BCUT2D eigenvalue weighted by molar-refractivity contribution is -0.127. The molecule has 0 aromatic carbocycles. The highest BCUT2D eigenvalue weighted by Crippen LogP contribution is 2.23. The molecule has 1 aromatic heterocycles. The number of pyridine rings is 1. The van der Waals surface area contributed by atoms with E-state index in [9.17, 15) is 13.2 Å². The molecule has 1 amide bonds. The summed E-state index contributed by atoms with van der Waals surface area (Å²) in [7, 11) is 2.86. The average Bonchev–Trinajstić information content (AvgIpc) is 2.38. The zero-order valence-corrected chi connectivity index (χ0v) is 13.8. The van der Waals surface area contributed by atoms with Crippen molar-refractivity contribution in [3.8, 4) is 0 Å². The lowest BCUT2D eigenvalue weighted by Crippen LogP contribution is -2.29. The molecule has 1 heterocycles. The van der Waals surface area contributed by atoms with Crippen molar-refractivity contribution in [3.63, 3.8) is 0 Å². The van der Waals surface area contributed by atoms with Crippen molar-refractivity contribution in [2.75, 3.05) is 28.2 Å². The van der Waals surface area contributed by atoms with Crippen molar-refractivity contribution in [2.45, 2.75) is 22.1 Å². The fourth-order valence-corrected chi connectivity index (χ4v) is 3.18. The van der Waals surface area contributed by atoms with E-state index in [0.717, 1.165) is 4.31 Å². The van der Waals surface area contributed by atoms with Crippen LogP contribution in [0.2, 0.25) is 0 Å². The van der Waals surface area contributed by atoms with Gasteiger partial charge in [0.05, 0.1) is 10.3 Å². The smallest absolute Gasteiger partial charge is 0.244 e. The van der Waals surface area contributed by atoms with E-state index in [2.05, 4.69) is 4.98 Å². The number of amides is 1. The largest absolute Gasteiger partial charge is 0.348 e. The van der Waals surface area contributed by atoms with Crippen LogP contribution >= 0.6 is 11.8 Å². The van der Waals surface area contributed by atoms with Crippen molar-refractivity contribution < 1.29 is 13.2 Å². The van der Waals surface area contributed by atoms with Gasteiger partial charge in [-0.1, -0.05) is 11.8 Å². The maximum atomic E-state index is 11.9. The zero-order chi connectivity index (χ0) is 15.5. The number of thioether (sulfide) groups is 1. The van der Waals surface area contributed by atoms with E-state index in [0.29, 0.717) is 5.03 Å². The summed E-state index contributed by atoms with van der Waals surface area (Å²) in [5.74, 6) is -0.0122. The predicted octanol–water partition coefficient (Wildman–Crippen LogP) is 0.901. The first-order valence-electron chi connectivity index (χ1n) is 5.92. The second-order valence-corrected chi connectivity index (χ2v) is 8.13. The first kappa shape index (κ1) is 16.9. The van der Waals surface area contributed by atoms with Gasteiger partial charge in [-0.25, -0.2) is 17.7 Å². The van der Waals surface area contributed by atoms with Crippen molar-refractivity contribution in [3.05, 3.63) is 18.3 Å². The van der Waals surface area contributed by atoms with Crippen LogP contribution in [-0.2, 0) is 14.8 Å². The fourth-order valence-electron chi connectivity index (χ4n) is 1.39. The minimum atomic E-state index is -3.47. The van der Waals surface area contributed by atoms with Crippen LogP contribution in [0.1, 0.15) is 6.92 Å². The summed E-state index contributed by atoms with van der Waals surface area (Å²) in [4.78, 5) is 17.5. The third-order valence-electron chi connectivity index (χ3n) is 2.57. The van der Waals surface area contributed by atoms with Crippen LogP contribution in [0.25, 0.3) is 0 Å². The minimum Gasteiger partial charge on any atom is -0.348 e. The molecule has 1 aromatic rings. The van der Waals surface area contributed by atoms with Gasteiger partial charge < -0.3 is 4.90 Å². The van der Waals surface area contributed by atoms with E-state index in [4.69, 9.17) is 0 Å². The molecule has 0 aliphatic heterocycles. The monoisotopic (exact) mass is 317 g/mol. The summed E-state index contributed by atoms with van der Waals surface area (Å²) < 4.78 is 24.9. The van der Waals surface area contributed by atoms with Gasteiger partial charge in [0.25, 0.3) is 0 Å². The Balaban J connectivity index is 2.86. The molecule has 112 valence electrons. The molecular formula is C12H19N3O3S2. The third kappa shape index (κ3) is 3.94. The zero-order valence-electron chi connectivity index (χ0n) is 12.2. The summed E-state index contributed by atoms with van der Waals surface area (Å²) in [6, 6.07) is 3.11. The van der Waals surface area contributed by atoms with E-state index in [1.807, 2.05) is 0 Å². The van der Waals surface area contributed by atoms with Crippen LogP contribution in [-0.4, -0.2) is 62.0 Å². The van der Waals surface area contributed by atoms with Gasteiger partial charge in [-0.15, -0.1) is 0 Å². The first-order valence-corrected chi connectivity index (χ1v) is 8.24. The molecule has 1 atom stereocenters. The maximum absolute atomic E-state index is 11.9. The molecule has 0 saturated heterocycles. The molecule has 0 unspecified atom stereocenters. The van der Waals surface area contributed by atoms with Gasteiger partial charge in [0.1, 0.15) is 4.90 Å². The van der Waals surface area contributed by atoms with Crippen LogP contribution < -0.4 is 0 Å². The van der Waals surface area contributed by atoms with Crippen LogP contribution in [0.4, 0.5) is 0 Å². The fraction of sp³-hybridized carbons (Fsp3) is 0.500. The average molecular weight is 317 g/mol. The Morgan fingerprint density at radius 2 is 1.85 bits per heavy atom. The maximum Gasteiger partial charge on any atom is 0.244 e. The van der Waals surface area contributed by atoms with Gasteiger partial charge in [-0.05, 0) is 19.1 Å². The molecule has 0 N–H and O–H groups in total. The van der Waals surface area contributed by atoms with E-state index >= 15 is 0 Å². The summed E-state index contributed by atoms with van der Waals surface area (Å²) in [6.45, 7) is 1.79. The molecule has 0 bridgehead atoms. The van der Waals surface area contributed by atoms with Crippen LogP contribution in [0.5, 0.6) is 0 Å². The standard InChI is InChI=1S/C12H19N3O3S2/c1-9(12(16)14(2)3)19-11-7-6-10(8-13-11)20(17,18)15(4)5/h6-9H,1-5H3/t9-/m0/s1. The number of hydrogen-bond donors (Lipinski definition) is 0. The number of rotatable bonds is 5. The normalized spacial score (nSPS) is 13.3. The number of hydrogen-bond acceptors (Lipinski definition) is 5. The summed E-state index contributed by atoms with van der Waals surface area (Å²) in [5, 5.41) is 0.346. The number of carbonyl (C=O) groups excluding carboxylic acids is 1. The lowest BCUT2D eigenvalue weighted by atomic mass is 10.4. The molecule has 0 saturated carbocycles. The topological polar surface area (TPSA) is 70.6 Å². The molecule has 1 rings (SSSR count). The Labute approximate surface area is 124 Å². The number of nitrogens with zero attached hydrogens (tertiary/aromatic N) is 3. The Morgan fingerprint density at radius 1 is 1.25 bits per heavy atom. The first-order chi connectivity index (χ1) is 9.16. The SMILES string of the molecule is C[C@H](Sc1ccc(S(=O)(=O)N(C)C)cn1)C(=O)N(C)C. The predicted molar refractivity (Wildman–Crippen MR) is 79.1 cm³/mol. The van der Waals surface area contributed by atoms with Gasteiger partial charge in [0, 0.05) is 34.4 Å². The Bertz CT molecular complexity index is 568. The minimum absolute atomic E-state index is 0.0122. The number of aromatic nitrogens is 1. The van der Waals surface area contributed by atoms with Crippen LogP contribution in [0, 0.1) is 0 Å². The molecule has 6 nitrogen and oxygen atoms in total. The molecule has 8 heteroatoms. The second-order valence-electron chi connectivity index (χ2n) is 4.61. The van der Waals surface area contributed by atoms with Gasteiger partial charge >= 0.3 is 0 Å². The van der Waals surface area contributed by atoms with Crippen molar-refractivity contribution in [1.82, 2.24) is 14.2 Å². The molecule has 0 aliphatic rings. The summed E-state index contributed by atoms with van der Waals surface area (Å²) in [5.41, 5.74) is 0. The van der Waals surface area contributed by atoms with Crippen LogP contribution in [0.15, 0.2) is 28.3 Å². The van der Waals surface area contributed by atoms with Gasteiger partial charge in [0.15, 0.2) is 0 Å². The lowest BCUT2D eigenvalue weighted by Gasteiger charge is -2.16. The highest BCUT2D eigenvalue weighted by Gasteiger charge is 2.19. The van der Waals surface area contributed by atoms with E-state index in [1.54, 1.807) is 27.1 Å². The molecule has 0 spiro atoms.